The predicted octanol–water partition coefficient (Wildman–Crippen LogP) is 2.18. The van der Waals surface area contributed by atoms with Crippen LogP contribution in [0.25, 0.3) is 0 Å². The summed E-state index contributed by atoms with van der Waals surface area (Å²) in [6.45, 7) is 2.69. The molecule has 0 aromatic heterocycles. The minimum atomic E-state index is -0.648. The van der Waals surface area contributed by atoms with E-state index in [1.807, 2.05) is 18.2 Å². The second-order valence-electron chi connectivity index (χ2n) is 6.25. The van der Waals surface area contributed by atoms with Crippen LogP contribution in [-0.2, 0) is 6.54 Å². The monoisotopic (exact) mass is 338 g/mol. The smallest absolute Gasteiger partial charge is 0.316 e. The summed E-state index contributed by atoms with van der Waals surface area (Å²) >= 11 is 0. The number of nitrogens with one attached hydrogen (secondary N) is 2. The summed E-state index contributed by atoms with van der Waals surface area (Å²) in [5.41, 5.74) is 7.40. The molecule has 130 valence electrons. The van der Waals surface area contributed by atoms with Crippen LogP contribution in [-0.4, -0.2) is 36.0 Å². The first kappa shape index (κ1) is 17.0. The SMILES string of the molecule is NC(=O)Nc1cccc(C(=O)N[C@H]2CCN(Cc3ccccc3)C2)c1. The molecule has 3 amide bonds. The highest BCUT2D eigenvalue weighted by Gasteiger charge is 2.24. The van der Waals surface area contributed by atoms with Crippen LogP contribution in [0.15, 0.2) is 54.6 Å². The fourth-order valence-electron chi connectivity index (χ4n) is 3.08. The third kappa shape index (κ3) is 4.81. The number of urea groups is 1. The van der Waals surface area contributed by atoms with Gasteiger partial charge in [0.15, 0.2) is 0 Å². The first-order chi connectivity index (χ1) is 12.1. The minimum Gasteiger partial charge on any atom is -0.351 e. The van der Waals surface area contributed by atoms with Gasteiger partial charge in [-0.05, 0) is 30.2 Å². The Morgan fingerprint density at radius 3 is 2.68 bits per heavy atom. The molecule has 1 saturated heterocycles. The van der Waals surface area contributed by atoms with Gasteiger partial charge in [-0.15, -0.1) is 0 Å². The van der Waals surface area contributed by atoms with Crippen LogP contribution >= 0.6 is 0 Å². The van der Waals surface area contributed by atoms with Gasteiger partial charge < -0.3 is 16.4 Å². The van der Waals surface area contributed by atoms with E-state index >= 15 is 0 Å². The van der Waals surface area contributed by atoms with Crippen molar-refractivity contribution in [2.45, 2.75) is 19.0 Å². The van der Waals surface area contributed by atoms with Crippen molar-refractivity contribution in [3.05, 3.63) is 65.7 Å². The molecule has 3 rings (SSSR count). The normalized spacial score (nSPS) is 17.2. The van der Waals surface area contributed by atoms with Gasteiger partial charge in [-0.1, -0.05) is 36.4 Å². The molecule has 2 aromatic carbocycles. The zero-order chi connectivity index (χ0) is 17.6. The lowest BCUT2D eigenvalue weighted by Crippen LogP contribution is -2.37. The highest BCUT2D eigenvalue weighted by Crippen LogP contribution is 2.15. The van der Waals surface area contributed by atoms with Crippen molar-refractivity contribution < 1.29 is 9.59 Å². The van der Waals surface area contributed by atoms with E-state index in [0.717, 1.165) is 26.1 Å². The second kappa shape index (κ2) is 7.81. The highest BCUT2D eigenvalue weighted by atomic mass is 16.2. The van der Waals surface area contributed by atoms with Crippen LogP contribution in [0.5, 0.6) is 0 Å². The molecule has 0 unspecified atom stereocenters. The van der Waals surface area contributed by atoms with Crippen LogP contribution in [0.4, 0.5) is 10.5 Å². The maximum atomic E-state index is 12.4. The molecule has 4 N–H and O–H groups in total. The summed E-state index contributed by atoms with van der Waals surface area (Å²) in [5, 5.41) is 5.55. The summed E-state index contributed by atoms with van der Waals surface area (Å²) in [7, 11) is 0. The molecule has 1 aliphatic rings. The van der Waals surface area contributed by atoms with Gasteiger partial charge in [-0.3, -0.25) is 9.69 Å². The largest absolute Gasteiger partial charge is 0.351 e. The van der Waals surface area contributed by atoms with Crippen LogP contribution < -0.4 is 16.4 Å². The number of hydrogen-bond donors (Lipinski definition) is 3. The number of amides is 3. The van der Waals surface area contributed by atoms with Crippen molar-refractivity contribution in [3.63, 3.8) is 0 Å². The van der Waals surface area contributed by atoms with Crippen molar-refractivity contribution in [3.8, 4) is 0 Å². The number of anilines is 1. The molecule has 0 bridgehead atoms. The van der Waals surface area contributed by atoms with Crippen LogP contribution in [0, 0.1) is 0 Å². The summed E-state index contributed by atoms with van der Waals surface area (Å²) in [6.07, 6.45) is 0.928. The van der Waals surface area contributed by atoms with Gasteiger partial charge in [0, 0.05) is 36.9 Å². The van der Waals surface area contributed by atoms with Gasteiger partial charge in [0.1, 0.15) is 0 Å². The quantitative estimate of drug-likeness (QED) is 0.781. The van der Waals surface area contributed by atoms with Crippen LogP contribution in [0.1, 0.15) is 22.3 Å². The van der Waals surface area contributed by atoms with E-state index in [4.69, 9.17) is 5.73 Å². The number of rotatable bonds is 5. The van der Waals surface area contributed by atoms with Crippen molar-refractivity contribution in [1.29, 1.82) is 0 Å². The molecule has 0 aliphatic carbocycles. The summed E-state index contributed by atoms with van der Waals surface area (Å²) in [5.74, 6) is -0.139. The lowest BCUT2D eigenvalue weighted by Gasteiger charge is -2.17. The predicted molar refractivity (Wildman–Crippen MR) is 97.2 cm³/mol. The maximum Gasteiger partial charge on any atom is 0.316 e. The zero-order valence-corrected chi connectivity index (χ0v) is 13.9. The van der Waals surface area contributed by atoms with Gasteiger partial charge in [0.25, 0.3) is 5.91 Å². The average Bonchev–Trinajstić information content (AvgIpc) is 3.02. The lowest BCUT2D eigenvalue weighted by molar-refractivity contribution is 0.0937. The van der Waals surface area contributed by atoms with E-state index in [1.165, 1.54) is 5.56 Å². The highest BCUT2D eigenvalue weighted by molar-refractivity contribution is 5.96. The van der Waals surface area contributed by atoms with Crippen molar-refractivity contribution in [2.75, 3.05) is 18.4 Å². The van der Waals surface area contributed by atoms with Gasteiger partial charge in [0.2, 0.25) is 0 Å². The number of nitrogens with two attached hydrogens (primary N) is 1. The van der Waals surface area contributed by atoms with E-state index in [2.05, 4.69) is 27.7 Å². The van der Waals surface area contributed by atoms with E-state index < -0.39 is 6.03 Å². The fourth-order valence-corrected chi connectivity index (χ4v) is 3.08. The Kier molecular flexibility index (Phi) is 5.30. The third-order valence-corrected chi connectivity index (χ3v) is 4.25. The van der Waals surface area contributed by atoms with Crippen LogP contribution in [0.3, 0.4) is 0 Å². The Morgan fingerprint density at radius 1 is 1.12 bits per heavy atom. The summed E-state index contributed by atoms with van der Waals surface area (Å²) in [4.78, 5) is 25.7. The van der Waals surface area contributed by atoms with Crippen molar-refractivity contribution >= 4 is 17.6 Å². The van der Waals surface area contributed by atoms with Crippen LogP contribution in [0.2, 0.25) is 0 Å². The van der Waals surface area contributed by atoms with E-state index in [-0.39, 0.29) is 11.9 Å². The van der Waals surface area contributed by atoms with Crippen molar-refractivity contribution in [2.24, 2.45) is 5.73 Å². The molecule has 1 fully saturated rings. The number of likely N-dealkylation sites (tertiary alicyclic amines) is 1. The number of carbonyl (C=O) groups is 2. The first-order valence-electron chi connectivity index (χ1n) is 8.34. The molecule has 2 aromatic rings. The fraction of sp³-hybridized carbons (Fsp3) is 0.263. The molecular formula is C19H22N4O2. The number of benzene rings is 2. The molecule has 0 spiro atoms. The Bertz CT molecular complexity index is 748. The Balaban J connectivity index is 1.54. The molecule has 0 radical (unpaired) electrons. The third-order valence-electron chi connectivity index (χ3n) is 4.25. The summed E-state index contributed by atoms with van der Waals surface area (Å²) in [6, 6.07) is 16.6. The molecule has 25 heavy (non-hydrogen) atoms. The molecule has 6 heteroatoms. The standard InChI is InChI=1S/C19H22N4O2/c20-19(25)22-16-8-4-7-15(11-16)18(24)21-17-9-10-23(13-17)12-14-5-2-1-3-6-14/h1-8,11,17H,9-10,12-13H2,(H,21,24)(H3,20,22,25)/t17-/m0/s1. The van der Waals surface area contributed by atoms with Gasteiger partial charge in [-0.2, -0.15) is 0 Å². The minimum absolute atomic E-state index is 0.129. The zero-order valence-electron chi connectivity index (χ0n) is 13.9. The number of hydrogen-bond acceptors (Lipinski definition) is 3. The number of nitrogens with zero attached hydrogens (tertiary/aromatic N) is 1. The number of carbonyl (C=O) groups excluding carboxylic acids is 2. The van der Waals surface area contributed by atoms with Gasteiger partial charge in [-0.25, -0.2) is 4.79 Å². The second-order valence-corrected chi connectivity index (χ2v) is 6.25. The Hall–Kier alpha value is -2.86. The lowest BCUT2D eigenvalue weighted by atomic mass is 10.1. The average molecular weight is 338 g/mol. The molecule has 1 atom stereocenters. The van der Waals surface area contributed by atoms with Gasteiger partial charge >= 0.3 is 6.03 Å². The first-order valence-corrected chi connectivity index (χ1v) is 8.34. The van der Waals surface area contributed by atoms with E-state index in [0.29, 0.717) is 11.3 Å². The molecular weight excluding hydrogens is 316 g/mol. The van der Waals surface area contributed by atoms with E-state index in [9.17, 15) is 9.59 Å². The maximum absolute atomic E-state index is 12.4. The van der Waals surface area contributed by atoms with Crippen molar-refractivity contribution in [1.82, 2.24) is 10.2 Å². The molecule has 1 aliphatic heterocycles. The molecule has 1 heterocycles. The molecule has 6 nitrogen and oxygen atoms in total. The Morgan fingerprint density at radius 2 is 1.92 bits per heavy atom. The topological polar surface area (TPSA) is 87.5 Å². The summed E-state index contributed by atoms with van der Waals surface area (Å²) < 4.78 is 0. The number of primary amides is 1. The van der Waals surface area contributed by atoms with Gasteiger partial charge in [0.05, 0.1) is 0 Å². The molecule has 0 saturated carbocycles. The van der Waals surface area contributed by atoms with E-state index in [1.54, 1.807) is 24.3 Å². The Labute approximate surface area is 147 Å².